The molecule has 1 aliphatic rings. The molecule has 1 aromatic carbocycles. The number of rotatable bonds is 7. The van der Waals surface area contributed by atoms with Gasteiger partial charge >= 0.3 is 5.97 Å². The van der Waals surface area contributed by atoms with Crippen LogP contribution in [0.15, 0.2) is 42.0 Å². The lowest BCUT2D eigenvalue weighted by Crippen LogP contribution is -2.29. The van der Waals surface area contributed by atoms with Crippen molar-refractivity contribution < 1.29 is 9.53 Å². The van der Waals surface area contributed by atoms with Crippen molar-refractivity contribution in [3.63, 3.8) is 0 Å². The molecule has 154 valence electrons. The summed E-state index contributed by atoms with van der Waals surface area (Å²) >= 11 is 7.02. The quantitative estimate of drug-likeness (QED) is 0.318. The van der Waals surface area contributed by atoms with Crippen molar-refractivity contribution in [3.8, 4) is 11.1 Å². The van der Waals surface area contributed by atoms with Gasteiger partial charge in [-0.2, -0.15) is 0 Å². The smallest absolute Gasteiger partial charge is 0.341 e. The van der Waals surface area contributed by atoms with E-state index in [4.69, 9.17) is 17.0 Å². The number of carbonyl (C=O) groups excluding carboxylic acids is 1. The third-order valence-electron chi connectivity index (χ3n) is 4.97. The van der Waals surface area contributed by atoms with Crippen LogP contribution in [0.3, 0.4) is 0 Å². The van der Waals surface area contributed by atoms with Crippen LogP contribution in [0.2, 0.25) is 0 Å². The first-order chi connectivity index (χ1) is 14.1. The Balaban J connectivity index is 1.75. The third-order valence-corrected chi connectivity index (χ3v) is 6.24. The first kappa shape index (κ1) is 21.5. The number of thiocarbonyl (C=S) groups is 1. The Labute approximate surface area is 182 Å². The summed E-state index contributed by atoms with van der Waals surface area (Å²) in [4.78, 5) is 13.8. The van der Waals surface area contributed by atoms with Crippen LogP contribution in [0.4, 0.5) is 5.00 Å². The van der Waals surface area contributed by atoms with Gasteiger partial charge in [0.05, 0.1) is 6.61 Å². The highest BCUT2D eigenvalue weighted by molar-refractivity contribution is 7.80. The number of thiophene rings is 1. The summed E-state index contributed by atoms with van der Waals surface area (Å²) in [7, 11) is 0. The van der Waals surface area contributed by atoms with Gasteiger partial charge < -0.3 is 15.4 Å². The van der Waals surface area contributed by atoms with Crippen molar-refractivity contribution in [2.24, 2.45) is 0 Å². The Bertz CT molecular complexity index is 888. The second-order valence-electron chi connectivity index (χ2n) is 7.06. The maximum absolute atomic E-state index is 12.7. The predicted molar refractivity (Wildman–Crippen MR) is 126 cm³/mol. The molecule has 0 aliphatic heterocycles. The minimum Gasteiger partial charge on any atom is -0.462 e. The number of ether oxygens (including phenoxy) is 1. The van der Waals surface area contributed by atoms with Crippen molar-refractivity contribution in [3.05, 3.63) is 52.4 Å². The molecule has 1 aromatic heterocycles. The SMILES string of the molecule is CCOC(=O)c1c(NC(=S)NCCC2=CCCCC2)sc(C)c1-c1ccccc1. The number of carbonyl (C=O) groups is 1. The number of hydrogen-bond acceptors (Lipinski definition) is 4. The van der Waals surface area contributed by atoms with Gasteiger partial charge in [0.2, 0.25) is 0 Å². The van der Waals surface area contributed by atoms with Crippen LogP contribution < -0.4 is 10.6 Å². The highest BCUT2D eigenvalue weighted by atomic mass is 32.1. The van der Waals surface area contributed by atoms with Crippen molar-refractivity contribution >= 4 is 39.6 Å². The Morgan fingerprint density at radius 3 is 2.72 bits per heavy atom. The average molecular weight is 429 g/mol. The number of esters is 1. The van der Waals surface area contributed by atoms with Crippen LogP contribution in [0.5, 0.6) is 0 Å². The van der Waals surface area contributed by atoms with E-state index < -0.39 is 0 Å². The molecular formula is C23H28N2O2S2. The van der Waals surface area contributed by atoms with Crippen molar-refractivity contribution in [2.45, 2.75) is 46.0 Å². The summed E-state index contributed by atoms with van der Waals surface area (Å²) in [5.41, 5.74) is 3.98. The van der Waals surface area contributed by atoms with Crippen LogP contribution in [-0.4, -0.2) is 24.2 Å². The molecule has 0 bridgehead atoms. The highest BCUT2D eigenvalue weighted by Crippen LogP contribution is 2.40. The number of aryl methyl sites for hydroxylation is 1. The summed E-state index contributed by atoms with van der Waals surface area (Å²) in [6, 6.07) is 9.93. The third kappa shape index (κ3) is 5.67. The number of benzene rings is 1. The van der Waals surface area contributed by atoms with Gasteiger partial charge in [-0.25, -0.2) is 4.79 Å². The average Bonchev–Trinajstić information content (AvgIpc) is 3.05. The standard InChI is InChI=1S/C23H28N2O2S2/c1-3-27-22(26)20-19(18-12-8-5-9-13-18)16(2)29-21(20)25-23(28)24-15-14-17-10-6-4-7-11-17/h5,8-10,12-13H,3-4,6-7,11,14-15H2,1-2H3,(H2,24,25,28). The lowest BCUT2D eigenvalue weighted by molar-refractivity contribution is 0.0529. The molecular weight excluding hydrogens is 400 g/mol. The molecule has 0 amide bonds. The van der Waals surface area contributed by atoms with E-state index in [2.05, 4.69) is 16.7 Å². The van der Waals surface area contributed by atoms with Crippen LogP contribution in [-0.2, 0) is 4.74 Å². The molecule has 2 aromatic rings. The zero-order valence-electron chi connectivity index (χ0n) is 17.0. The van der Waals surface area contributed by atoms with E-state index in [1.54, 1.807) is 0 Å². The summed E-state index contributed by atoms with van der Waals surface area (Å²) in [6.45, 7) is 4.97. The molecule has 0 unspecified atom stereocenters. The molecule has 0 spiro atoms. The minimum absolute atomic E-state index is 0.326. The lowest BCUT2D eigenvalue weighted by atomic mass is 9.97. The monoisotopic (exact) mass is 428 g/mol. The maximum Gasteiger partial charge on any atom is 0.341 e. The van der Waals surface area contributed by atoms with E-state index in [0.717, 1.165) is 34.0 Å². The molecule has 0 fully saturated rings. The van der Waals surface area contributed by atoms with E-state index in [1.165, 1.54) is 42.6 Å². The van der Waals surface area contributed by atoms with Gasteiger partial charge in [0.15, 0.2) is 5.11 Å². The summed E-state index contributed by atoms with van der Waals surface area (Å²) in [6.07, 6.45) is 8.33. The first-order valence-corrected chi connectivity index (χ1v) is 11.4. The Hall–Kier alpha value is -2.18. The molecule has 29 heavy (non-hydrogen) atoms. The summed E-state index contributed by atoms with van der Waals surface area (Å²) < 4.78 is 5.34. The molecule has 1 heterocycles. The number of nitrogens with one attached hydrogen (secondary N) is 2. The van der Waals surface area contributed by atoms with Crippen LogP contribution >= 0.6 is 23.6 Å². The number of hydrogen-bond donors (Lipinski definition) is 2. The fourth-order valence-corrected chi connectivity index (χ4v) is 4.94. The zero-order valence-corrected chi connectivity index (χ0v) is 18.7. The van der Waals surface area contributed by atoms with Crippen LogP contribution in [0.1, 0.15) is 54.3 Å². The summed E-state index contributed by atoms with van der Waals surface area (Å²) in [5, 5.41) is 7.78. The largest absolute Gasteiger partial charge is 0.462 e. The van der Waals surface area contributed by atoms with Crippen LogP contribution in [0, 0.1) is 6.92 Å². The van der Waals surface area contributed by atoms with E-state index in [0.29, 0.717) is 17.3 Å². The number of anilines is 1. The lowest BCUT2D eigenvalue weighted by Gasteiger charge is -2.14. The predicted octanol–water partition coefficient (Wildman–Crippen LogP) is 6.08. The fraction of sp³-hybridized carbons (Fsp3) is 0.391. The minimum atomic E-state index is -0.326. The van der Waals surface area contributed by atoms with Gasteiger partial charge in [-0.1, -0.05) is 42.0 Å². The Morgan fingerprint density at radius 1 is 1.24 bits per heavy atom. The molecule has 2 N–H and O–H groups in total. The molecule has 0 saturated heterocycles. The van der Waals surface area contributed by atoms with Crippen molar-refractivity contribution in [1.82, 2.24) is 5.32 Å². The van der Waals surface area contributed by atoms with Gasteiger partial charge in [0.1, 0.15) is 10.6 Å². The highest BCUT2D eigenvalue weighted by Gasteiger charge is 2.24. The van der Waals surface area contributed by atoms with E-state index >= 15 is 0 Å². The van der Waals surface area contributed by atoms with Crippen molar-refractivity contribution in [2.75, 3.05) is 18.5 Å². The van der Waals surface area contributed by atoms with Gasteiger partial charge in [-0.05, 0) is 63.7 Å². The van der Waals surface area contributed by atoms with Crippen molar-refractivity contribution in [1.29, 1.82) is 0 Å². The normalized spacial score (nSPS) is 13.5. The van der Waals surface area contributed by atoms with Crippen LogP contribution in [0.25, 0.3) is 11.1 Å². The fourth-order valence-electron chi connectivity index (χ4n) is 3.60. The van der Waals surface area contributed by atoms with E-state index in [9.17, 15) is 4.79 Å². The topological polar surface area (TPSA) is 50.4 Å². The van der Waals surface area contributed by atoms with Gasteiger partial charge in [0.25, 0.3) is 0 Å². The Morgan fingerprint density at radius 2 is 2.03 bits per heavy atom. The molecule has 0 radical (unpaired) electrons. The molecule has 4 nitrogen and oxygen atoms in total. The van der Waals surface area contributed by atoms with E-state index in [1.807, 2.05) is 44.2 Å². The molecule has 1 aliphatic carbocycles. The first-order valence-electron chi connectivity index (χ1n) is 10.2. The molecule has 6 heteroatoms. The summed E-state index contributed by atoms with van der Waals surface area (Å²) in [5.74, 6) is -0.326. The maximum atomic E-state index is 12.7. The number of allylic oxidation sites excluding steroid dienone is 1. The molecule has 0 atom stereocenters. The van der Waals surface area contributed by atoms with Gasteiger partial charge in [-0.15, -0.1) is 11.3 Å². The molecule has 0 saturated carbocycles. The van der Waals surface area contributed by atoms with Gasteiger partial charge in [-0.3, -0.25) is 0 Å². The second kappa shape index (κ2) is 10.6. The molecule has 3 rings (SSSR count). The van der Waals surface area contributed by atoms with E-state index in [-0.39, 0.29) is 5.97 Å². The Kier molecular flexibility index (Phi) is 7.83. The van der Waals surface area contributed by atoms with Gasteiger partial charge in [0, 0.05) is 17.0 Å². The zero-order chi connectivity index (χ0) is 20.6. The second-order valence-corrected chi connectivity index (χ2v) is 8.70.